The van der Waals surface area contributed by atoms with Crippen molar-refractivity contribution >= 4 is 29.1 Å². The third-order valence-electron chi connectivity index (χ3n) is 3.61. The first-order valence-corrected chi connectivity index (χ1v) is 7.74. The highest BCUT2D eigenvalue weighted by Crippen LogP contribution is 2.32. The molecule has 0 aliphatic heterocycles. The number of ether oxygens (including phenoxy) is 1. The van der Waals surface area contributed by atoms with E-state index >= 15 is 0 Å². The van der Waals surface area contributed by atoms with Crippen molar-refractivity contribution in [3.8, 4) is 11.3 Å². The third kappa shape index (κ3) is 3.49. The first kappa shape index (κ1) is 17.0. The van der Waals surface area contributed by atoms with E-state index in [9.17, 15) is 9.18 Å². The van der Waals surface area contributed by atoms with Crippen LogP contribution in [0.5, 0.6) is 0 Å². The van der Waals surface area contributed by atoms with Crippen molar-refractivity contribution in [2.75, 3.05) is 12.4 Å². The van der Waals surface area contributed by atoms with Gasteiger partial charge in [0.25, 0.3) is 0 Å². The van der Waals surface area contributed by atoms with Crippen molar-refractivity contribution in [2.45, 2.75) is 6.92 Å². The lowest BCUT2D eigenvalue weighted by atomic mass is 10.1. The van der Waals surface area contributed by atoms with Gasteiger partial charge in [-0.25, -0.2) is 9.18 Å². The van der Waals surface area contributed by atoms with Crippen LogP contribution in [0.3, 0.4) is 0 Å². The van der Waals surface area contributed by atoms with Gasteiger partial charge in [-0.2, -0.15) is 0 Å². The molecule has 0 amide bonds. The average Bonchev–Trinajstić information content (AvgIpc) is 3.01. The molecule has 0 fully saturated rings. The number of anilines is 2. The van der Waals surface area contributed by atoms with Gasteiger partial charge in [-0.1, -0.05) is 35.0 Å². The number of benzene rings is 2. The van der Waals surface area contributed by atoms with Crippen LogP contribution >= 0.6 is 11.6 Å². The molecule has 7 heteroatoms. The van der Waals surface area contributed by atoms with E-state index in [0.717, 1.165) is 0 Å². The van der Waals surface area contributed by atoms with Crippen molar-refractivity contribution < 1.29 is 18.4 Å². The first-order valence-electron chi connectivity index (χ1n) is 7.36. The van der Waals surface area contributed by atoms with Crippen LogP contribution in [0.15, 0.2) is 47.0 Å². The third-order valence-corrected chi connectivity index (χ3v) is 3.84. The number of halogens is 2. The van der Waals surface area contributed by atoms with Gasteiger partial charge in [0.2, 0.25) is 5.88 Å². The number of carbonyl (C=O) groups excluding carboxylic acids is 1. The summed E-state index contributed by atoms with van der Waals surface area (Å²) < 4.78 is 23.8. The molecule has 3 rings (SSSR count). The zero-order valence-electron chi connectivity index (χ0n) is 13.5. The predicted octanol–water partition coefficient (Wildman–Crippen LogP) is 4.97. The Morgan fingerprint density at radius 3 is 2.76 bits per heavy atom. The van der Waals surface area contributed by atoms with E-state index in [1.807, 2.05) is 0 Å². The highest BCUT2D eigenvalue weighted by atomic mass is 35.5. The number of hydrogen-bond acceptors (Lipinski definition) is 5. The Morgan fingerprint density at radius 2 is 2.08 bits per heavy atom. The summed E-state index contributed by atoms with van der Waals surface area (Å²) >= 11 is 6.00. The fourth-order valence-electron chi connectivity index (χ4n) is 2.30. The predicted molar refractivity (Wildman–Crippen MR) is 92.7 cm³/mol. The molecule has 0 aliphatic carbocycles. The van der Waals surface area contributed by atoms with Crippen LogP contribution in [-0.2, 0) is 4.74 Å². The molecule has 25 heavy (non-hydrogen) atoms. The van der Waals surface area contributed by atoms with Gasteiger partial charge in [-0.3, -0.25) is 0 Å². The molecule has 3 aromatic rings. The first-order chi connectivity index (χ1) is 12.0. The Bertz CT molecular complexity index is 940. The van der Waals surface area contributed by atoms with E-state index in [4.69, 9.17) is 20.9 Å². The lowest BCUT2D eigenvalue weighted by Crippen LogP contribution is -2.05. The standard InChI is InChI=1S/C18H14ClFN2O3/c1-10-6-7-13(9-14(10)20)21-17-15(18(23)24-2)16(22-25-17)11-4-3-5-12(19)8-11/h3-9,21H,1-2H3. The van der Waals surface area contributed by atoms with Gasteiger partial charge in [0, 0.05) is 16.3 Å². The molecule has 2 aromatic carbocycles. The maximum atomic E-state index is 13.7. The van der Waals surface area contributed by atoms with Crippen LogP contribution in [0.25, 0.3) is 11.3 Å². The summed E-state index contributed by atoms with van der Waals surface area (Å²) in [7, 11) is 1.26. The molecule has 5 nitrogen and oxygen atoms in total. The minimum absolute atomic E-state index is 0.0603. The molecule has 0 radical (unpaired) electrons. The van der Waals surface area contributed by atoms with Crippen LogP contribution in [0.1, 0.15) is 15.9 Å². The molecule has 128 valence electrons. The van der Waals surface area contributed by atoms with Gasteiger partial charge in [-0.15, -0.1) is 0 Å². The van der Waals surface area contributed by atoms with E-state index in [1.165, 1.54) is 13.2 Å². The minimum atomic E-state index is -0.633. The summed E-state index contributed by atoms with van der Waals surface area (Å²) in [6.45, 7) is 1.66. The number of esters is 1. The van der Waals surface area contributed by atoms with Crippen molar-refractivity contribution in [1.82, 2.24) is 5.16 Å². The summed E-state index contributed by atoms with van der Waals surface area (Å²) in [5, 5.41) is 7.29. The number of methoxy groups -OCH3 is 1. The summed E-state index contributed by atoms with van der Waals surface area (Å²) in [5.41, 5.74) is 1.91. The Balaban J connectivity index is 2.05. The number of hydrogen-bond donors (Lipinski definition) is 1. The molecule has 0 bridgehead atoms. The quantitative estimate of drug-likeness (QED) is 0.665. The topological polar surface area (TPSA) is 64.4 Å². The largest absolute Gasteiger partial charge is 0.465 e. The molecule has 0 unspecified atom stereocenters. The maximum Gasteiger partial charge on any atom is 0.345 e. The Hall–Kier alpha value is -2.86. The second-order valence-electron chi connectivity index (χ2n) is 5.33. The van der Waals surface area contributed by atoms with Gasteiger partial charge >= 0.3 is 5.97 Å². The number of rotatable bonds is 4. The SMILES string of the molecule is COC(=O)c1c(-c2cccc(Cl)c2)noc1Nc1ccc(C)c(F)c1. The Kier molecular flexibility index (Phi) is 4.72. The lowest BCUT2D eigenvalue weighted by molar-refractivity contribution is 0.0602. The molecule has 0 saturated carbocycles. The van der Waals surface area contributed by atoms with Crippen LogP contribution in [-0.4, -0.2) is 18.2 Å². The van der Waals surface area contributed by atoms with E-state index in [1.54, 1.807) is 43.3 Å². The van der Waals surface area contributed by atoms with Crippen molar-refractivity contribution in [1.29, 1.82) is 0 Å². The van der Waals surface area contributed by atoms with E-state index in [-0.39, 0.29) is 23.0 Å². The molecule has 1 heterocycles. The maximum absolute atomic E-state index is 13.7. The highest BCUT2D eigenvalue weighted by Gasteiger charge is 2.25. The average molecular weight is 361 g/mol. The van der Waals surface area contributed by atoms with Gasteiger partial charge in [0.1, 0.15) is 11.5 Å². The zero-order valence-corrected chi connectivity index (χ0v) is 14.2. The monoisotopic (exact) mass is 360 g/mol. The molecule has 1 N–H and O–H groups in total. The molecule has 0 atom stereocenters. The summed E-state index contributed by atoms with van der Waals surface area (Å²) in [6, 6.07) is 11.4. The van der Waals surface area contributed by atoms with E-state index < -0.39 is 5.97 Å². The van der Waals surface area contributed by atoms with E-state index in [0.29, 0.717) is 21.8 Å². The molecule has 0 saturated heterocycles. The summed E-state index contributed by atoms with van der Waals surface area (Å²) in [5.74, 6) is -0.949. The van der Waals surface area contributed by atoms with Crippen LogP contribution in [0, 0.1) is 12.7 Å². The smallest absolute Gasteiger partial charge is 0.345 e. The Morgan fingerprint density at radius 1 is 1.28 bits per heavy atom. The molecular formula is C18H14ClFN2O3. The fourth-order valence-corrected chi connectivity index (χ4v) is 2.49. The van der Waals surface area contributed by atoms with Gasteiger partial charge in [0.15, 0.2) is 5.56 Å². The number of aromatic nitrogens is 1. The zero-order chi connectivity index (χ0) is 18.0. The molecular weight excluding hydrogens is 347 g/mol. The normalized spacial score (nSPS) is 10.6. The lowest BCUT2D eigenvalue weighted by Gasteiger charge is -2.06. The van der Waals surface area contributed by atoms with Crippen molar-refractivity contribution in [2.24, 2.45) is 0 Å². The van der Waals surface area contributed by atoms with Gasteiger partial charge < -0.3 is 14.6 Å². The second kappa shape index (κ2) is 6.94. The second-order valence-corrected chi connectivity index (χ2v) is 5.76. The number of nitrogens with zero attached hydrogens (tertiary/aromatic N) is 1. The molecule has 0 aliphatic rings. The van der Waals surface area contributed by atoms with Crippen LogP contribution < -0.4 is 5.32 Å². The number of aryl methyl sites for hydroxylation is 1. The number of carbonyl (C=O) groups is 1. The van der Waals surface area contributed by atoms with Gasteiger partial charge in [-0.05, 0) is 36.8 Å². The van der Waals surface area contributed by atoms with Crippen molar-refractivity contribution in [3.05, 3.63) is 64.4 Å². The minimum Gasteiger partial charge on any atom is -0.465 e. The van der Waals surface area contributed by atoms with Crippen LogP contribution in [0.4, 0.5) is 16.0 Å². The van der Waals surface area contributed by atoms with E-state index in [2.05, 4.69) is 10.5 Å². The highest BCUT2D eigenvalue weighted by molar-refractivity contribution is 6.30. The number of nitrogens with one attached hydrogen (secondary N) is 1. The fraction of sp³-hybridized carbons (Fsp3) is 0.111. The molecule has 1 aromatic heterocycles. The van der Waals surface area contributed by atoms with Crippen LogP contribution in [0.2, 0.25) is 5.02 Å². The summed E-state index contributed by atoms with van der Waals surface area (Å²) in [4.78, 5) is 12.2. The van der Waals surface area contributed by atoms with Crippen molar-refractivity contribution in [3.63, 3.8) is 0 Å². The Labute approximate surface area is 148 Å². The molecule has 0 spiro atoms. The van der Waals surface area contributed by atoms with Gasteiger partial charge in [0.05, 0.1) is 7.11 Å². The summed E-state index contributed by atoms with van der Waals surface area (Å²) in [6.07, 6.45) is 0.